The molecular weight excluding hydrogens is 440 g/mol. The second-order valence-corrected chi connectivity index (χ2v) is 7.84. The van der Waals surface area contributed by atoms with Crippen LogP contribution in [0.5, 0.6) is 0 Å². The molecule has 0 aliphatic carbocycles. The predicted octanol–water partition coefficient (Wildman–Crippen LogP) is -2.66. The standard InChI is InChI=1S/C21H30N2O10/c1-11(24)23-16-14(25)9-21(30,20(29)31-2)33-18(16)17(27)15(26)10-32-19(28)13(22)8-12-6-4-3-5-7-12/h3-7,13-18,25-27,30H,8-10,22H2,1-2H3,(H,23,24)/t13?,14-,15+,16+,17-,18+,21-/m0/s1. The lowest BCUT2D eigenvalue weighted by molar-refractivity contribution is -0.296. The van der Waals surface area contributed by atoms with Gasteiger partial charge in [0.05, 0.1) is 19.3 Å². The van der Waals surface area contributed by atoms with E-state index < -0.39 is 73.2 Å². The third kappa shape index (κ3) is 6.93. The van der Waals surface area contributed by atoms with Gasteiger partial charge in [-0.2, -0.15) is 0 Å². The van der Waals surface area contributed by atoms with E-state index in [9.17, 15) is 34.8 Å². The predicted molar refractivity (Wildman–Crippen MR) is 111 cm³/mol. The Morgan fingerprint density at radius 2 is 1.91 bits per heavy atom. The number of amides is 1. The van der Waals surface area contributed by atoms with Gasteiger partial charge in [-0.05, 0) is 12.0 Å². The van der Waals surface area contributed by atoms with Crippen LogP contribution in [0, 0.1) is 0 Å². The lowest BCUT2D eigenvalue weighted by Gasteiger charge is -2.45. The molecule has 1 heterocycles. The van der Waals surface area contributed by atoms with Crippen LogP contribution < -0.4 is 11.1 Å². The van der Waals surface area contributed by atoms with Gasteiger partial charge in [-0.1, -0.05) is 30.3 Å². The summed E-state index contributed by atoms with van der Waals surface area (Å²) in [5, 5.41) is 44.1. The smallest absolute Gasteiger partial charge is 0.366 e. The van der Waals surface area contributed by atoms with Crippen molar-refractivity contribution >= 4 is 17.8 Å². The number of nitrogens with one attached hydrogen (secondary N) is 1. The van der Waals surface area contributed by atoms with Crippen LogP contribution in [-0.2, 0) is 35.0 Å². The number of aliphatic hydroxyl groups is 4. The van der Waals surface area contributed by atoms with Gasteiger partial charge < -0.3 is 45.7 Å². The van der Waals surface area contributed by atoms with E-state index in [0.29, 0.717) is 0 Å². The van der Waals surface area contributed by atoms with Crippen molar-refractivity contribution in [1.29, 1.82) is 0 Å². The molecule has 1 unspecified atom stereocenters. The Morgan fingerprint density at radius 3 is 2.48 bits per heavy atom. The van der Waals surface area contributed by atoms with Gasteiger partial charge in [0, 0.05) is 13.3 Å². The van der Waals surface area contributed by atoms with Crippen molar-refractivity contribution in [1.82, 2.24) is 5.32 Å². The lowest BCUT2D eigenvalue weighted by atomic mass is 9.88. The zero-order valence-electron chi connectivity index (χ0n) is 18.3. The third-order valence-electron chi connectivity index (χ3n) is 5.19. The molecule has 12 heteroatoms. The van der Waals surface area contributed by atoms with Gasteiger partial charge >= 0.3 is 11.9 Å². The molecule has 0 saturated carbocycles. The minimum absolute atomic E-state index is 0.188. The molecule has 0 aromatic heterocycles. The number of carbonyl (C=O) groups is 3. The molecule has 1 aromatic carbocycles. The van der Waals surface area contributed by atoms with Gasteiger partial charge in [-0.25, -0.2) is 4.79 Å². The molecule has 1 fully saturated rings. The quantitative estimate of drug-likeness (QED) is 0.206. The number of hydrogen-bond donors (Lipinski definition) is 6. The molecule has 1 aliphatic heterocycles. The number of rotatable bonds is 9. The summed E-state index contributed by atoms with van der Waals surface area (Å²) in [5.74, 6) is -5.31. The Morgan fingerprint density at radius 1 is 1.27 bits per heavy atom. The third-order valence-corrected chi connectivity index (χ3v) is 5.19. The van der Waals surface area contributed by atoms with Crippen molar-refractivity contribution in [3.05, 3.63) is 35.9 Å². The number of carbonyl (C=O) groups excluding carboxylic acids is 3. The van der Waals surface area contributed by atoms with E-state index in [1.165, 1.54) is 0 Å². The van der Waals surface area contributed by atoms with Crippen molar-refractivity contribution in [2.75, 3.05) is 13.7 Å². The highest BCUT2D eigenvalue weighted by Crippen LogP contribution is 2.31. The first-order valence-corrected chi connectivity index (χ1v) is 10.2. The van der Waals surface area contributed by atoms with E-state index >= 15 is 0 Å². The van der Waals surface area contributed by atoms with Crippen LogP contribution in [0.15, 0.2) is 30.3 Å². The molecule has 1 aliphatic rings. The summed E-state index contributed by atoms with van der Waals surface area (Å²) in [6.45, 7) is 0.436. The van der Waals surface area contributed by atoms with E-state index in [1.807, 2.05) is 6.07 Å². The van der Waals surface area contributed by atoms with Gasteiger partial charge in [0.1, 0.15) is 31.0 Å². The first-order chi connectivity index (χ1) is 15.5. The molecule has 7 N–H and O–H groups in total. The van der Waals surface area contributed by atoms with E-state index in [-0.39, 0.29) is 6.42 Å². The molecule has 7 atom stereocenters. The second-order valence-electron chi connectivity index (χ2n) is 7.84. The number of nitrogens with two attached hydrogens (primary N) is 1. The highest BCUT2D eigenvalue weighted by Gasteiger charge is 2.54. The molecule has 12 nitrogen and oxygen atoms in total. The SMILES string of the molecule is COC(=O)[C@]1(O)C[C@H](O)[C@@H](NC(C)=O)[C@H]([C@@H](O)[C@H](O)COC(=O)C(N)Cc2ccccc2)O1. The normalized spacial score (nSPS) is 27.7. The highest BCUT2D eigenvalue weighted by atomic mass is 16.7. The Labute approximate surface area is 190 Å². The van der Waals surface area contributed by atoms with Crippen LogP contribution in [0.3, 0.4) is 0 Å². The summed E-state index contributed by atoms with van der Waals surface area (Å²) in [6, 6.07) is 6.61. The fourth-order valence-electron chi connectivity index (χ4n) is 3.51. The summed E-state index contributed by atoms with van der Waals surface area (Å²) in [6.07, 6.45) is -7.34. The van der Waals surface area contributed by atoms with Gasteiger partial charge in [-0.15, -0.1) is 0 Å². The molecule has 0 radical (unpaired) electrons. The summed E-state index contributed by atoms with van der Waals surface area (Å²) in [7, 11) is 0.981. The summed E-state index contributed by atoms with van der Waals surface area (Å²) >= 11 is 0. The minimum atomic E-state index is -2.64. The van der Waals surface area contributed by atoms with Crippen molar-refractivity contribution in [2.24, 2.45) is 5.73 Å². The fraction of sp³-hybridized carbons (Fsp3) is 0.571. The van der Waals surface area contributed by atoms with Crippen LogP contribution in [0.4, 0.5) is 0 Å². The second kappa shape index (κ2) is 11.5. The molecule has 0 bridgehead atoms. The summed E-state index contributed by atoms with van der Waals surface area (Å²) < 4.78 is 14.7. The Bertz CT molecular complexity index is 823. The van der Waals surface area contributed by atoms with E-state index in [4.69, 9.17) is 15.2 Å². The number of esters is 2. The first kappa shape index (κ1) is 26.6. The Hall–Kier alpha value is -2.61. The van der Waals surface area contributed by atoms with Crippen LogP contribution >= 0.6 is 0 Å². The van der Waals surface area contributed by atoms with Crippen LogP contribution in [0.1, 0.15) is 18.9 Å². The molecule has 33 heavy (non-hydrogen) atoms. The van der Waals surface area contributed by atoms with Crippen LogP contribution in [0.2, 0.25) is 0 Å². The van der Waals surface area contributed by atoms with E-state index in [0.717, 1.165) is 19.6 Å². The molecule has 1 saturated heterocycles. The zero-order valence-corrected chi connectivity index (χ0v) is 18.3. The van der Waals surface area contributed by atoms with Gasteiger partial charge in [-0.3, -0.25) is 9.59 Å². The number of methoxy groups -OCH3 is 1. The number of hydrogen-bond acceptors (Lipinski definition) is 11. The largest absolute Gasteiger partial charge is 0.465 e. The molecule has 1 amide bonds. The monoisotopic (exact) mass is 470 g/mol. The number of benzene rings is 1. The lowest BCUT2D eigenvalue weighted by Crippen LogP contribution is -2.67. The summed E-state index contributed by atoms with van der Waals surface area (Å²) in [4.78, 5) is 35.6. The minimum Gasteiger partial charge on any atom is -0.465 e. The van der Waals surface area contributed by atoms with Crippen LogP contribution in [0.25, 0.3) is 0 Å². The Kier molecular flexibility index (Phi) is 9.28. The molecule has 2 rings (SSSR count). The van der Waals surface area contributed by atoms with Gasteiger partial charge in [0.15, 0.2) is 0 Å². The zero-order chi connectivity index (χ0) is 24.8. The number of aliphatic hydroxyl groups excluding tert-OH is 3. The van der Waals surface area contributed by atoms with Crippen molar-refractivity contribution in [3.8, 4) is 0 Å². The van der Waals surface area contributed by atoms with Crippen molar-refractivity contribution in [2.45, 2.75) is 62.1 Å². The van der Waals surface area contributed by atoms with Crippen LogP contribution in [-0.4, -0.2) is 94.3 Å². The van der Waals surface area contributed by atoms with E-state index in [2.05, 4.69) is 10.1 Å². The Balaban J connectivity index is 2.05. The van der Waals surface area contributed by atoms with E-state index in [1.54, 1.807) is 24.3 Å². The molecule has 0 spiro atoms. The molecular formula is C21H30N2O10. The average Bonchev–Trinajstić information content (AvgIpc) is 2.78. The van der Waals surface area contributed by atoms with Crippen molar-refractivity contribution < 1.29 is 49.0 Å². The van der Waals surface area contributed by atoms with Gasteiger partial charge in [0.25, 0.3) is 5.79 Å². The molecule has 1 aromatic rings. The number of ether oxygens (including phenoxy) is 3. The fourth-order valence-corrected chi connectivity index (χ4v) is 3.51. The topological polar surface area (TPSA) is 198 Å². The summed E-state index contributed by atoms with van der Waals surface area (Å²) in [5.41, 5.74) is 6.62. The van der Waals surface area contributed by atoms with Crippen molar-refractivity contribution in [3.63, 3.8) is 0 Å². The average molecular weight is 470 g/mol. The highest BCUT2D eigenvalue weighted by molar-refractivity contribution is 5.78. The maximum absolute atomic E-state index is 12.2. The first-order valence-electron chi connectivity index (χ1n) is 10.2. The maximum atomic E-state index is 12.2. The molecule has 184 valence electrons. The maximum Gasteiger partial charge on any atom is 0.366 e. The van der Waals surface area contributed by atoms with Gasteiger partial charge in [0.2, 0.25) is 5.91 Å².